The number of rotatable bonds is 3. The van der Waals surface area contributed by atoms with E-state index in [9.17, 15) is 4.79 Å². The quantitative estimate of drug-likeness (QED) is 0.860. The summed E-state index contributed by atoms with van der Waals surface area (Å²) in [6.07, 6.45) is 3.80. The van der Waals surface area contributed by atoms with Gasteiger partial charge in [0.05, 0.1) is 0 Å². The van der Waals surface area contributed by atoms with E-state index in [2.05, 4.69) is 24.5 Å². The second kappa shape index (κ2) is 5.01. The molecule has 2 rings (SSSR count). The molecule has 1 aromatic carbocycles. The van der Waals surface area contributed by atoms with E-state index in [-0.39, 0.29) is 5.91 Å². The van der Waals surface area contributed by atoms with Gasteiger partial charge in [-0.1, -0.05) is 20.3 Å². The van der Waals surface area contributed by atoms with Gasteiger partial charge in [-0.15, -0.1) is 0 Å². The van der Waals surface area contributed by atoms with E-state index in [1.165, 1.54) is 19.3 Å². The number of hydrogen-bond donors (Lipinski definition) is 2. The summed E-state index contributed by atoms with van der Waals surface area (Å²) in [5.74, 6) is -0.0391. The molecule has 0 spiro atoms. The Kier molecular flexibility index (Phi) is 3.60. The highest BCUT2D eigenvalue weighted by atomic mass is 16.1. The molecule has 0 radical (unpaired) electrons. The summed E-state index contributed by atoms with van der Waals surface area (Å²) in [5, 5.41) is 6.21. The predicted octanol–water partition coefficient (Wildman–Crippen LogP) is 3.04. The van der Waals surface area contributed by atoms with Crippen LogP contribution < -0.4 is 10.6 Å². The van der Waals surface area contributed by atoms with Crippen LogP contribution in [0.3, 0.4) is 0 Å². The lowest BCUT2D eigenvalue weighted by Gasteiger charge is -2.28. The fourth-order valence-corrected chi connectivity index (χ4v) is 2.66. The minimum atomic E-state index is -0.0391. The Bertz CT molecular complexity index is 423. The van der Waals surface area contributed by atoms with Gasteiger partial charge in [0.1, 0.15) is 0 Å². The minimum absolute atomic E-state index is 0.0391. The molecule has 1 fully saturated rings. The number of anilines is 1. The highest BCUT2D eigenvalue weighted by molar-refractivity contribution is 5.94. The monoisotopic (exact) mass is 246 g/mol. The van der Waals surface area contributed by atoms with E-state index in [4.69, 9.17) is 0 Å². The maximum absolute atomic E-state index is 11.4. The first-order valence-electron chi connectivity index (χ1n) is 6.61. The Hall–Kier alpha value is -1.51. The van der Waals surface area contributed by atoms with Crippen LogP contribution in [-0.2, 0) is 0 Å². The number of amides is 1. The van der Waals surface area contributed by atoms with Gasteiger partial charge in [0, 0.05) is 24.3 Å². The van der Waals surface area contributed by atoms with Crippen molar-refractivity contribution in [3.63, 3.8) is 0 Å². The largest absolute Gasteiger partial charge is 0.382 e. The second-order valence-electron chi connectivity index (χ2n) is 5.73. The van der Waals surface area contributed by atoms with Crippen LogP contribution >= 0.6 is 0 Å². The van der Waals surface area contributed by atoms with Crippen LogP contribution in [0.15, 0.2) is 24.3 Å². The summed E-state index contributed by atoms with van der Waals surface area (Å²) in [7, 11) is 1.65. The summed E-state index contributed by atoms with van der Waals surface area (Å²) < 4.78 is 0. The summed E-state index contributed by atoms with van der Waals surface area (Å²) in [5.41, 5.74) is 2.16. The fraction of sp³-hybridized carbons (Fsp3) is 0.533. The number of carbonyl (C=O) groups excluding carboxylic acids is 1. The highest BCUT2D eigenvalue weighted by Gasteiger charge is 2.34. The molecule has 3 heteroatoms. The number of benzene rings is 1. The first-order valence-corrected chi connectivity index (χ1v) is 6.61. The van der Waals surface area contributed by atoms with Crippen LogP contribution in [-0.4, -0.2) is 19.0 Å². The average Bonchev–Trinajstić information content (AvgIpc) is 2.69. The molecule has 98 valence electrons. The molecular weight excluding hydrogens is 224 g/mol. The minimum Gasteiger partial charge on any atom is -0.382 e. The fourth-order valence-electron chi connectivity index (χ4n) is 2.66. The zero-order chi connectivity index (χ0) is 13.2. The molecule has 0 bridgehead atoms. The van der Waals surface area contributed by atoms with Crippen molar-refractivity contribution in [2.45, 2.75) is 39.2 Å². The summed E-state index contributed by atoms with van der Waals surface area (Å²) in [4.78, 5) is 11.4. The molecule has 1 aliphatic carbocycles. The predicted molar refractivity (Wildman–Crippen MR) is 74.9 cm³/mol. The number of nitrogens with one attached hydrogen (secondary N) is 2. The first-order chi connectivity index (χ1) is 8.53. The summed E-state index contributed by atoms with van der Waals surface area (Å²) >= 11 is 0. The van der Waals surface area contributed by atoms with Crippen molar-refractivity contribution in [1.29, 1.82) is 0 Å². The molecule has 3 nitrogen and oxygen atoms in total. The third-order valence-electron chi connectivity index (χ3n) is 3.97. The Balaban J connectivity index is 2.04. The van der Waals surface area contributed by atoms with Crippen LogP contribution in [0.5, 0.6) is 0 Å². The number of hydrogen-bond acceptors (Lipinski definition) is 2. The Labute approximate surface area is 109 Å². The van der Waals surface area contributed by atoms with Crippen molar-refractivity contribution in [3.8, 4) is 0 Å². The van der Waals surface area contributed by atoms with E-state index < -0.39 is 0 Å². The highest BCUT2D eigenvalue weighted by Crippen LogP contribution is 2.38. The normalized spacial score (nSPS) is 21.6. The molecule has 1 unspecified atom stereocenters. The molecular formula is C15H22N2O. The van der Waals surface area contributed by atoms with E-state index >= 15 is 0 Å². The van der Waals surface area contributed by atoms with Crippen LogP contribution in [0.1, 0.15) is 43.5 Å². The Morgan fingerprint density at radius 2 is 1.94 bits per heavy atom. The summed E-state index contributed by atoms with van der Waals surface area (Å²) in [6, 6.07) is 8.23. The number of carbonyl (C=O) groups is 1. The molecule has 0 aliphatic heterocycles. The maximum atomic E-state index is 11.4. The topological polar surface area (TPSA) is 41.1 Å². The second-order valence-corrected chi connectivity index (χ2v) is 5.73. The van der Waals surface area contributed by atoms with Crippen molar-refractivity contribution < 1.29 is 4.79 Å². The Morgan fingerprint density at radius 3 is 2.44 bits per heavy atom. The molecule has 18 heavy (non-hydrogen) atoms. The molecule has 1 amide bonds. The van der Waals surface area contributed by atoms with E-state index in [1.807, 2.05) is 24.3 Å². The lowest BCUT2D eigenvalue weighted by molar-refractivity contribution is 0.0963. The third kappa shape index (κ3) is 2.66. The van der Waals surface area contributed by atoms with Gasteiger partial charge < -0.3 is 10.6 Å². The molecule has 1 saturated carbocycles. The lowest BCUT2D eigenvalue weighted by Crippen LogP contribution is -2.30. The lowest BCUT2D eigenvalue weighted by atomic mass is 9.87. The molecule has 0 heterocycles. The molecule has 2 N–H and O–H groups in total. The van der Waals surface area contributed by atoms with E-state index in [0.29, 0.717) is 17.0 Å². The van der Waals surface area contributed by atoms with Crippen LogP contribution in [0.4, 0.5) is 5.69 Å². The molecule has 1 atom stereocenters. The van der Waals surface area contributed by atoms with Gasteiger partial charge in [-0.05, 0) is 42.5 Å². The van der Waals surface area contributed by atoms with E-state index in [0.717, 1.165) is 5.69 Å². The molecule has 0 aromatic heterocycles. The SMILES string of the molecule is CNC(=O)c1ccc(NC2CCCC2(C)C)cc1. The molecule has 0 saturated heterocycles. The van der Waals surface area contributed by atoms with Gasteiger partial charge >= 0.3 is 0 Å². The van der Waals surface area contributed by atoms with Crippen molar-refractivity contribution in [3.05, 3.63) is 29.8 Å². The molecule has 1 aromatic rings. The van der Waals surface area contributed by atoms with Gasteiger partial charge in [-0.3, -0.25) is 4.79 Å². The zero-order valence-electron chi connectivity index (χ0n) is 11.4. The summed E-state index contributed by atoms with van der Waals surface area (Å²) in [6.45, 7) is 4.63. The molecule has 1 aliphatic rings. The van der Waals surface area contributed by atoms with Gasteiger partial charge in [0.15, 0.2) is 0 Å². The van der Waals surface area contributed by atoms with Crippen LogP contribution in [0.2, 0.25) is 0 Å². The zero-order valence-corrected chi connectivity index (χ0v) is 11.4. The van der Waals surface area contributed by atoms with Crippen molar-refractivity contribution >= 4 is 11.6 Å². The van der Waals surface area contributed by atoms with Crippen LogP contribution in [0.25, 0.3) is 0 Å². The maximum Gasteiger partial charge on any atom is 0.251 e. The van der Waals surface area contributed by atoms with E-state index in [1.54, 1.807) is 7.05 Å². The van der Waals surface area contributed by atoms with Crippen molar-refractivity contribution in [2.75, 3.05) is 12.4 Å². The Morgan fingerprint density at radius 1 is 1.28 bits per heavy atom. The van der Waals surface area contributed by atoms with Gasteiger partial charge in [0.2, 0.25) is 0 Å². The standard InChI is InChI=1S/C15H22N2O/c1-15(2)10-4-5-13(15)17-12-8-6-11(7-9-12)14(18)16-3/h6-9,13,17H,4-5,10H2,1-3H3,(H,16,18). The van der Waals surface area contributed by atoms with Gasteiger partial charge in [0.25, 0.3) is 5.91 Å². The van der Waals surface area contributed by atoms with Gasteiger partial charge in [-0.2, -0.15) is 0 Å². The third-order valence-corrected chi connectivity index (χ3v) is 3.97. The first kappa shape index (κ1) is 12.9. The van der Waals surface area contributed by atoms with Gasteiger partial charge in [-0.25, -0.2) is 0 Å². The smallest absolute Gasteiger partial charge is 0.251 e. The van der Waals surface area contributed by atoms with Crippen molar-refractivity contribution in [2.24, 2.45) is 5.41 Å². The average molecular weight is 246 g/mol. The van der Waals surface area contributed by atoms with Crippen LogP contribution in [0, 0.1) is 5.41 Å². The van der Waals surface area contributed by atoms with Crippen molar-refractivity contribution in [1.82, 2.24) is 5.32 Å².